The molecular weight excluding hydrogens is 448 g/mol. The number of ether oxygens (including phenoxy) is 3. The molecule has 3 heterocycles. The van der Waals surface area contributed by atoms with Crippen molar-refractivity contribution in [3.8, 4) is 17.6 Å². The molecule has 0 fully saturated rings. The van der Waals surface area contributed by atoms with Crippen molar-refractivity contribution in [2.24, 2.45) is 0 Å². The monoisotopic (exact) mass is 461 g/mol. The van der Waals surface area contributed by atoms with Crippen LogP contribution in [0.2, 0.25) is 0 Å². The minimum absolute atomic E-state index is 0. The van der Waals surface area contributed by atoms with Crippen molar-refractivity contribution in [1.82, 2.24) is 24.6 Å². The fraction of sp³-hybridized carbons (Fsp3) is 0.286. The Morgan fingerprint density at radius 1 is 1.10 bits per heavy atom. The third kappa shape index (κ3) is 4.35. The highest BCUT2D eigenvalue weighted by Gasteiger charge is 2.40. The SMILES string of the molecule is COc1cc(OC)n2nc(NS(=O)(=O)c3c(C(F)(F)F)ccnc3OC)nc2n1.[Al]. The molecule has 30 heavy (non-hydrogen) atoms. The van der Waals surface area contributed by atoms with E-state index in [0.29, 0.717) is 6.07 Å². The molecule has 1 N–H and O–H groups in total. The molecule has 0 aliphatic rings. The van der Waals surface area contributed by atoms with Crippen LogP contribution in [0.3, 0.4) is 0 Å². The van der Waals surface area contributed by atoms with Crippen LogP contribution in [-0.2, 0) is 16.2 Å². The molecule has 0 atom stereocenters. The van der Waals surface area contributed by atoms with E-state index in [2.05, 4.69) is 20.1 Å². The summed E-state index contributed by atoms with van der Waals surface area (Å²) in [6.45, 7) is 0. The van der Waals surface area contributed by atoms with Gasteiger partial charge in [-0.3, -0.25) is 0 Å². The molecule has 0 aliphatic carbocycles. The molecule has 0 aliphatic heterocycles. The number of nitrogens with zero attached hydrogens (tertiary/aromatic N) is 5. The summed E-state index contributed by atoms with van der Waals surface area (Å²) in [6.07, 6.45) is -4.20. The second-order valence-electron chi connectivity index (χ2n) is 5.29. The number of fused-ring (bicyclic) bond motifs is 1. The Kier molecular flexibility index (Phi) is 6.64. The molecule has 0 aromatic carbocycles. The number of sulfonamides is 1. The van der Waals surface area contributed by atoms with E-state index in [1.165, 1.54) is 20.3 Å². The lowest BCUT2D eigenvalue weighted by Crippen LogP contribution is -2.21. The molecule has 11 nitrogen and oxygen atoms in total. The van der Waals surface area contributed by atoms with Gasteiger partial charge in [0.15, 0.2) is 4.90 Å². The Labute approximate surface area is 178 Å². The van der Waals surface area contributed by atoms with Crippen molar-refractivity contribution in [2.75, 3.05) is 26.1 Å². The number of nitrogens with one attached hydrogen (secondary N) is 1. The van der Waals surface area contributed by atoms with E-state index >= 15 is 0 Å². The number of halogens is 3. The van der Waals surface area contributed by atoms with Crippen LogP contribution in [0.4, 0.5) is 19.1 Å². The van der Waals surface area contributed by atoms with Crippen LogP contribution in [0.1, 0.15) is 5.56 Å². The van der Waals surface area contributed by atoms with Crippen molar-refractivity contribution < 1.29 is 35.8 Å². The summed E-state index contributed by atoms with van der Waals surface area (Å²) in [4.78, 5) is 10.1. The van der Waals surface area contributed by atoms with E-state index in [1.807, 2.05) is 4.72 Å². The second-order valence-corrected chi connectivity index (χ2v) is 6.91. The molecule has 0 bridgehead atoms. The molecule has 0 amide bonds. The third-order valence-corrected chi connectivity index (χ3v) is 4.92. The van der Waals surface area contributed by atoms with E-state index in [4.69, 9.17) is 14.2 Å². The smallest absolute Gasteiger partial charge is 0.418 e. The number of rotatable bonds is 6. The second kappa shape index (κ2) is 8.50. The summed E-state index contributed by atoms with van der Waals surface area (Å²) >= 11 is 0. The van der Waals surface area contributed by atoms with Gasteiger partial charge in [-0.05, 0) is 6.07 Å². The number of methoxy groups -OCH3 is 3. The van der Waals surface area contributed by atoms with Gasteiger partial charge in [0.05, 0.1) is 33.0 Å². The van der Waals surface area contributed by atoms with Gasteiger partial charge in [0.1, 0.15) is 0 Å². The number of pyridine rings is 1. The lowest BCUT2D eigenvalue weighted by atomic mass is 10.2. The molecule has 159 valence electrons. The summed E-state index contributed by atoms with van der Waals surface area (Å²) < 4.78 is 83.1. The van der Waals surface area contributed by atoms with Gasteiger partial charge in [-0.2, -0.15) is 27.7 Å². The zero-order valence-corrected chi connectivity index (χ0v) is 17.6. The van der Waals surface area contributed by atoms with Gasteiger partial charge in [0, 0.05) is 23.6 Å². The Balaban J connectivity index is 0.00000320. The van der Waals surface area contributed by atoms with E-state index in [9.17, 15) is 21.6 Å². The summed E-state index contributed by atoms with van der Waals surface area (Å²) in [5.41, 5.74) is -1.46. The number of anilines is 1. The van der Waals surface area contributed by atoms with Crippen LogP contribution in [0, 0.1) is 0 Å². The van der Waals surface area contributed by atoms with Crippen LogP contribution < -0.4 is 18.9 Å². The average Bonchev–Trinajstić information content (AvgIpc) is 3.07. The first-order valence-corrected chi connectivity index (χ1v) is 9.08. The highest BCUT2D eigenvalue weighted by molar-refractivity contribution is 7.92. The summed E-state index contributed by atoms with van der Waals surface area (Å²) in [7, 11) is -1.20. The van der Waals surface area contributed by atoms with Crippen molar-refractivity contribution >= 4 is 39.1 Å². The highest BCUT2D eigenvalue weighted by atomic mass is 32.2. The van der Waals surface area contributed by atoms with Gasteiger partial charge in [-0.25, -0.2) is 18.1 Å². The quantitative estimate of drug-likeness (QED) is 0.534. The fourth-order valence-corrected chi connectivity index (χ4v) is 3.61. The first-order valence-electron chi connectivity index (χ1n) is 7.59. The van der Waals surface area contributed by atoms with Gasteiger partial charge in [-0.15, -0.1) is 5.10 Å². The molecule has 3 aromatic rings. The van der Waals surface area contributed by atoms with Gasteiger partial charge < -0.3 is 14.2 Å². The van der Waals surface area contributed by atoms with Crippen LogP contribution in [0.15, 0.2) is 23.2 Å². The Morgan fingerprint density at radius 3 is 2.37 bits per heavy atom. The summed E-state index contributed by atoms with van der Waals surface area (Å²) in [5, 5.41) is 3.85. The fourth-order valence-electron chi connectivity index (χ4n) is 2.34. The summed E-state index contributed by atoms with van der Waals surface area (Å²) in [6, 6.07) is 1.87. The normalized spacial score (nSPS) is 11.7. The van der Waals surface area contributed by atoms with Crippen molar-refractivity contribution in [2.45, 2.75) is 11.1 Å². The highest BCUT2D eigenvalue weighted by Crippen LogP contribution is 2.38. The van der Waals surface area contributed by atoms with Gasteiger partial charge >= 0.3 is 6.18 Å². The van der Waals surface area contributed by atoms with Gasteiger partial charge in [0.2, 0.25) is 17.6 Å². The maximum absolute atomic E-state index is 13.3. The number of aromatic nitrogens is 5. The van der Waals surface area contributed by atoms with Crippen LogP contribution in [0.25, 0.3) is 5.78 Å². The predicted molar refractivity (Wildman–Crippen MR) is 96.2 cm³/mol. The maximum Gasteiger partial charge on any atom is 0.418 e. The molecule has 0 saturated carbocycles. The Bertz CT molecular complexity index is 1170. The third-order valence-electron chi connectivity index (χ3n) is 3.54. The largest absolute Gasteiger partial charge is 0.481 e. The van der Waals surface area contributed by atoms with Crippen LogP contribution in [-0.4, -0.2) is 71.7 Å². The first-order chi connectivity index (χ1) is 13.6. The summed E-state index contributed by atoms with van der Waals surface area (Å²) in [5.74, 6) is -1.21. The number of hydrogen-bond donors (Lipinski definition) is 1. The predicted octanol–water partition coefficient (Wildman–Crippen LogP) is 0.984. The Hall–Kier alpha value is -2.83. The van der Waals surface area contributed by atoms with Crippen molar-refractivity contribution in [3.63, 3.8) is 0 Å². The minimum atomic E-state index is -4.98. The number of hydrogen-bond acceptors (Lipinski definition) is 9. The minimum Gasteiger partial charge on any atom is -0.481 e. The maximum atomic E-state index is 13.3. The molecule has 3 aromatic heterocycles. The topological polar surface area (TPSA) is 130 Å². The molecule has 0 spiro atoms. The molecular formula is C14H13AlF3N6O5S. The van der Waals surface area contributed by atoms with Crippen LogP contribution in [0.5, 0.6) is 17.6 Å². The van der Waals surface area contributed by atoms with Crippen molar-refractivity contribution in [3.05, 3.63) is 23.9 Å². The number of alkyl halides is 3. The molecule has 0 saturated heterocycles. The zero-order chi connectivity index (χ0) is 21.4. The molecule has 3 rings (SSSR count). The lowest BCUT2D eigenvalue weighted by Gasteiger charge is -2.15. The lowest BCUT2D eigenvalue weighted by molar-refractivity contribution is -0.140. The average molecular weight is 461 g/mol. The van der Waals surface area contributed by atoms with Crippen LogP contribution >= 0.6 is 0 Å². The van der Waals surface area contributed by atoms with Crippen molar-refractivity contribution in [1.29, 1.82) is 0 Å². The first kappa shape index (κ1) is 23.5. The van der Waals surface area contributed by atoms with E-state index in [1.54, 1.807) is 0 Å². The Morgan fingerprint density at radius 2 is 1.80 bits per heavy atom. The van der Waals surface area contributed by atoms with Gasteiger partial charge in [-0.1, -0.05) is 0 Å². The molecule has 3 radical (unpaired) electrons. The van der Waals surface area contributed by atoms with E-state index in [-0.39, 0.29) is 34.9 Å². The van der Waals surface area contributed by atoms with Gasteiger partial charge in [0.25, 0.3) is 21.7 Å². The zero-order valence-electron chi connectivity index (χ0n) is 15.6. The standard InChI is InChI=1S/C14H13F3N6O5S.Al/c1-26-8-6-9(27-2)23-13(19-8)20-12(21-23)22-29(24,25)10-7(14(15,16)17)4-5-18-11(10)28-3;/h4-6H,1-3H3,(H,21,22);. The van der Waals surface area contributed by atoms with E-state index < -0.39 is 38.5 Å². The molecule has 0 unspecified atom stereocenters. The molecule has 16 heteroatoms. The van der Waals surface area contributed by atoms with E-state index in [0.717, 1.165) is 17.8 Å².